The second kappa shape index (κ2) is 5.25. The lowest BCUT2D eigenvalue weighted by Gasteiger charge is -2.07. The van der Waals surface area contributed by atoms with Gasteiger partial charge in [-0.25, -0.2) is 4.79 Å². The number of hydrogen-bond acceptors (Lipinski definition) is 4. The van der Waals surface area contributed by atoms with E-state index in [1.54, 1.807) is 0 Å². The molecule has 0 saturated carbocycles. The molecule has 0 radical (unpaired) electrons. The maximum atomic E-state index is 11.1. The minimum absolute atomic E-state index is 0.124. The highest BCUT2D eigenvalue weighted by Gasteiger charge is 2.10. The van der Waals surface area contributed by atoms with Crippen molar-refractivity contribution in [2.45, 2.75) is 5.75 Å². The molecular weight excluding hydrogens is 240 g/mol. The first kappa shape index (κ1) is 12.2. The van der Waals surface area contributed by atoms with Crippen LogP contribution in [0.2, 0.25) is 5.02 Å². The van der Waals surface area contributed by atoms with Crippen molar-refractivity contribution >= 4 is 28.7 Å². The molecule has 1 aromatic carbocycles. The molecule has 0 N–H and O–H groups in total. The molecule has 6 heteroatoms. The van der Waals surface area contributed by atoms with E-state index in [2.05, 4.69) is 4.74 Å². The van der Waals surface area contributed by atoms with E-state index in [1.807, 2.05) is 0 Å². The smallest absolute Gasteiger partial charge is 0.339 e. The van der Waals surface area contributed by atoms with Crippen molar-refractivity contribution in [3.63, 3.8) is 0 Å². The molecular formula is C9H8ClO4S-. The third kappa shape index (κ3) is 3.30. The van der Waals surface area contributed by atoms with Crippen LogP contribution in [0.3, 0.4) is 0 Å². The summed E-state index contributed by atoms with van der Waals surface area (Å²) in [6.45, 7) is 0. The van der Waals surface area contributed by atoms with Gasteiger partial charge in [0.1, 0.15) is 0 Å². The van der Waals surface area contributed by atoms with Crippen molar-refractivity contribution in [2.24, 2.45) is 0 Å². The van der Waals surface area contributed by atoms with Crippen LogP contribution in [0.5, 0.6) is 0 Å². The molecule has 82 valence electrons. The number of hydrogen-bond donors (Lipinski definition) is 0. The minimum atomic E-state index is -2.17. The highest BCUT2D eigenvalue weighted by molar-refractivity contribution is 7.78. The topological polar surface area (TPSA) is 66.4 Å². The first-order chi connectivity index (χ1) is 7.04. The molecule has 4 nitrogen and oxygen atoms in total. The molecule has 0 heterocycles. The van der Waals surface area contributed by atoms with Gasteiger partial charge in [0, 0.05) is 5.75 Å². The fourth-order valence-electron chi connectivity index (χ4n) is 1.06. The van der Waals surface area contributed by atoms with E-state index in [4.69, 9.17) is 11.6 Å². The summed E-state index contributed by atoms with van der Waals surface area (Å²) in [6, 6.07) is 4.40. The first-order valence-corrected chi connectivity index (χ1v) is 5.59. The van der Waals surface area contributed by atoms with Gasteiger partial charge in [-0.15, -0.1) is 0 Å². The molecule has 1 rings (SSSR count). The highest BCUT2D eigenvalue weighted by atomic mass is 35.5. The van der Waals surface area contributed by atoms with E-state index in [-0.39, 0.29) is 16.3 Å². The van der Waals surface area contributed by atoms with Crippen LogP contribution in [-0.2, 0) is 21.6 Å². The zero-order valence-corrected chi connectivity index (χ0v) is 9.43. The fourth-order valence-corrected chi connectivity index (χ4v) is 1.79. The van der Waals surface area contributed by atoms with Crippen molar-refractivity contribution in [1.82, 2.24) is 0 Å². The van der Waals surface area contributed by atoms with Gasteiger partial charge in [0.2, 0.25) is 0 Å². The number of rotatable bonds is 3. The molecule has 15 heavy (non-hydrogen) atoms. The van der Waals surface area contributed by atoms with Gasteiger partial charge in [0.15, 0.2) is 0 Å². The van der Waals surface area contributed by atoms with E-state index in [0.29, 0.717) is 5.56 Å². The molecule has 1 aromatic rings. The number of ether oxygens (including phenoxy) is 1. The summed E-state index contributed by atoms with van der Waals surface area (Å²) in [7, 11) is 1.25. The molecule has 0 bridgehead atoms. The predicted molar refractivity (Wildman–Crippen MR) is 55.4 cm³/mol. The van der Waals surface area contributed by atoms with Gasteiger partial charge in [-0.1, -0.05) is 28.7 Å². The van der Waals surface area contributed by atoms with Crippen LogP contribution in [0.4, 0.5) is 0 Å². The monoisotopic (exact) mass is 247 g/mol. The van der Waals surface area contributed by atoms with Gasteiger partial charge in [-0.05, 0) is 17.7 Å². The van der Waals surface area contributed by atoms with Gasteiger partial charge in [0.25, 0.3) is 0 Å². The van der Waals surface area contributed by atoms with Crippen LogP contribution in [0.15, 0.2) is 18.2 Å². The summed E-state index contributed by atoms with van der Waals surface area (Å²) in [4.78, 5) is 11.1. The third-order valence-corrected chi connectivity index (χ3v) is 2.61. The molecule has 0 aliphatic rings. The second-order valence-electron chi connectivity index (χ2n) is 2.75. The van der Waals surface area contributed by atoms with Gasteiger partial charge < -0.3 is 9.29 Å². The summed E-state index contributed by atoms with van der Waals surface area (Å²) < 4.78 is 25.3. The Bertz CT molecular complexity index is 405. The van der Waals surface area contributed by atoms with E-state index in [0.717, 1.165) is 0 Å². The summed E-state index contributed by atoms with van der Waals surface area (Å²) in [5.41, 5.74) is 0.751. The Labute approximate surface area is 94.5 Å². The summed E-state index contributed by atoms with van der Waals surface area (Å²) >= 11 is 3.62. The third-order valence-electron chi connectivity index (χ3n) is 1.72. The van der Waals surface area contributed by atoms with Crippen LogP contribution < -0.4 is 0 Å². The van der Waals surface area contributed by atoms with Gasteiger partial charge in [0.05, 0.1) is 17.7 Å². The van der Waals surface area contributed by atoms with E-state index in [9.17, 15) is 13.6 Å². The second-order valence-corrected chi connectivity index (χ2v) is 4.06. The van der Waals surface area contributed by atoms with Crippen molar-refractivity contribution in [3.05, 3.63) is 34.3 Å². The minimum Gasteiger partial charge on any atom is -0.772 e. The van der Waals surface area contributed by atoms with Crippen molar-refractivity contribution in [1.29, 1.82) is 0 Å². The molecule has 1 atom stereocenters. The van der Waals surface area contributed by atoms with E-state index >= 15 is 0 Å². The Morgan fingerprint density at radius 2 is 2.27 bits per heavy atom. The number of carbonyl (C=O) groups is 1. The number of halogens is 1. The largest absolute Gasteiger partial charge is 0.772 e. The fraction of sp³-hybridized carbons (Fsp3) is 0.222. The molecule has 0 saturated heterocycles. The van der Waals surface area contributed by atoms with Gasteiger partial charge in [-0.2, -0.15) is 0 Å². The first-order valence-electron chi connectivity index (χ1n) is 3.97. The molecule has 0 aliphatic heterocycles. The summed E-state index contributed by atoms with van der Waals surface area (Å²) in [6.07, 6.45) is 0. The molecule has 0 spiro atoms. The van der Waals surface area contributed by atoms with Crippen LogP contribution in [0, 0.1) is 0 Å². The maximum Gasteiger partial charge on any atom is 0.339 e. The maximum absolute atomic E-state index is 11.1. The zero-order valence-electron chi connectivity index (χ0n) is 7.86. The van der Waals surface area contributed by atoms with Crippen LogP contribution in [0.1, 0.15) is 15.9 Å². The number of esters is 1. The molecule has 1 unspecified atom stereocenters. The molecule has 0 aliphatic carbocycles. The molecule has 0 aromatic heterocycles. The van der Waals surface area contributed by atoms with Crippen molar-refractivity contribution in [3.8, 4) is 0 Å². The van der Waals surface area contributed by atoms with Gasteiger partial charge >= 0.3 is 5.97 Å². The SMILES string of the molecule is COC(=O)c1ccc(CS(=O)[O-])cc1Cl. The zero-order chi connectivity index (χ0) is 11.4. The number of methoxy groups -OCH3 is 1. The van der Waals surface area contributed by atoms with Crippen molar-refractivity contribution < 1.29 is 18.3 Å². The molecule has 0 fully saturated rings. The highest BCUT2D eigenvalue weighted by Crippen LogP contribution is 2.19. The lowest BCUT2D eigenvalue weighted by atomic mass is 10.1. The summed E-state index contributed by atoms with van der Waals surface area (Å²) in [5.74, 6) is -0.670. The van der Waals surface area contributed by atoms with Crippen LogP contribution in [-0.4, -0.2) is 21.8 Å². The Morgan fingerprint density at radius 1 is 1.60 bits per heavy atom. The predicted octanol–water partition coefficient (Wildman–Crippen LogP) is 1.51. The average Bonchev–Trinajstić information content (AvgIpc) is 2.16. The van der Waals surface area contributed by atoms with E-state index in [1.165, 1.54) is 25.3 Å². The van der Waals surface area contributed by atoms with E-state index < -0.39 is 17.0 Å². The normalized spacial score (nSPS) is 12.2. The Balaban J connectivity index is 2.97. The Morgan fingerprint density at radius 3 is 2.73 bits per heavy atom. The number of benzene rings is 1. The van der Waals surface area contributed by atoms with Crippen LogP contribution >= 0.6 is 11.6 Å². The van der Waals surface area contributed by atoms with Gasteiger partial charge in [-0.3, -0.25) is 4.21 Å². The van der Waals surface area contributed by atoms with Crippen molar-refractivity contribution in [2.75, 3.05) is 7.11 Å². The lowest BCUT2D eigenvalue weighted by Crippen LogP contribution is -2.03. The quantitative estimate of drug-likeness (QED) is 0.600. The Hall–Kier alpha value is -0.910. The van der Waals surface area contributed by atoms with Crippen LogP contribution in [0.25, 0.3) is 0 Å². The molecule has 0 amide bonds. The standard InChI is InChI=1S/C9H9ClO4S/c1-14-9(11)7-3-2-6(4-8(7)10)5-15(12)13/h2-4H,5H2,1H3,(H,12,13)/p-1. The Kier molecular flexibility index (Phi) is 4.26. The lowest BCUT2D eigenvalue weighted by molar-refractivity contribution is 0.0601. The summed E-state index contributed by atoms with van der Waals surface area (Å²) in [5, 5.41) is 0.185. The number of carbonyl (C=O) groups excluding carboxylic acids is 1. The average molecular weight is 248 g/mol.